The molecule has 1 aliphatic rings. The molecule has 3 rings (SSSR count). The molecular weight excluding hydrogens is 328 g/mol. The molecule has 1 aromatic carbocycles. The Hall–Kier alpha value is -2.37. The van der Waals surface area contributed by atoms with Gasteiger partial charge in [0.05, 0.1) is 23.0 Å². The highest BCUT2D eigenvalue weighted by Gasteiger charge is 2.30. The van der Waals surface area contributed by atoms with Gasteiger partial charge in [-0.2, -0.15) is 0 Å². The molecule has 140 valence electrons. The average molecular weight is 356 g/mol. The van der Waals surface area contributed by atoms with Crippen LogP contribution in [0.25, 0.3) is 11.0 Å². The van der Waals surface area contributed by atoms with Gasteiger partial charge in [-0.05, 0) is 30.9 Å². The predicted octanol–water partition coefficient (Wildman–Crippen LogP) is 3.02. The van der Waals surface area contributed by atoms with Crippen LogP contribution in [0.1, 0.15) is 51.9 Å². The van der Waals surface area contributed by atoms with Crippen molar-refractivity contribution in [1.82, 2.24) is 20.2 Å². The van der Waals surface area contributed by atoms with E-state index in [9.17, 15) is 9.59 Å². The molecular formula is C20H28N4O2. The van der Waals surface area contributed by atoms with E-state index in [0.717, 1.165) is 36.2 Å². The summed E-state index contributed by atoms with van der Waals surface area (Å²) >= 11 is 0. The SMILES string of the molecule is CCC(=O)N1CCCC(C(=O)NC(c2nc3ccccc3[nH]2)C(C)C)C1. The number of fused-ring (bicyclic) bond motifs is 1. The number of likely N-dealkylation sites (tertiary alicyclic amines) is 1. The number of imidazole rings is 1. The zero-order valence-electron chi connectivity index (χ0n) is 15.8. The zero-order valence-corrected chi connectivity index (χ0v) is 15.8. The molecule has 1 aromatic heterocycles. The summed E-state index contributed by atoms with van der Waals surface area (Å²) in [5, 5.41) is 3.17. The van der Waals surface area contributed by atoms with Crippen molar-refractivity contribution in [2.75, 3.05) is 13.1 Å². The summed E-state index contributed by atoms with van der Waals surface area (Å²) in [7, 11) is 0. The van der Waals surface area contributed by atoms with E-state index in [1.807, 2.05) is 36.1 Å². The molecule has 1 saturated heterocycles. The van der Waals surface area contributed by atoms with Gasteiger partial charge in [0.15, 0.2) is 0 Å². The van der Waals surface area contributed by atoms with Crippen LogP contribution in [0, 0.1) is 11.8 Å². The van der Waals surface area contributed by atoms with Gasteiger partial charge in [0.1, 0.15) is 5.82 Å². The number of aromatic nitrogens is 2. The lowest BCUT2D eigenvalue weighted by Gasteiger charge is -2.33. The Morgan fingerprint density at radius 2 is 2.12 bits per heavy atom. The normalized spacial score (nSPS) is 18.9. The van der Waals surface area contributed by atoms with E-state index in [1.165, 1.54) is 0 Å². The van der Waals surface area contributed by atoms with E-state index in [1.54, 1.807) is 0 Å². The van der Waals surface area contributed by atoms with E-state index in [2.05, 4.69) is 29.1 Å². The van der Waals surface area contributed by atoms with Crippen molar-refractivity contribution in [3.8, 4) is 0 Å². The third kappa shape index (κ3) is 3.89. The van der Waals surface area contributed by atoms with Crippen LogP contribution >= 0.6 is 0 Å². The Morgan fingerprint density at radius 3 is 2.81 bits per heavy atom. The Labute approximate surface area is 154 Å². The first-order chi connectivity index (χ1) is 12.5. The van der Waals surface area contributed by atoms with Crippen molar-refractivity contribution in [2.24, 2.45) is 11.8 Å². The smallest absolute Gasteiger partial charge is 0.225 e. The number of hydrogen-bond donors (Lipinski definition) is 2. The van der Waals surface area contributed by atoms with Crippen molar-refractivity contribution in [1.29, 1.82) is 0 Å². The number of amides is 2. The number of rotatable bonds is 5. The van der Waals surface area contributed by atoms with Gasteiger partial charge in [0, 0.05) is 19.5 Å². The van der Waals surface area contributed by atoms with Gasteiger partial charge >= 0.3 is 0 Å². The highest BCUT2D eigenvalue weighted by atomic mass is 16.2. The van der Waals surface area contributed by atoms with Crippen molar-refractivity contribution in [3.05, 3.63) is 30.1 Å². The van der Waals surface area contributed by atoms with E-state index >= 15 is 0 Å². The molecule has 26 heavy (non-hydrogen) atoms. The number of carbonyl (C=O) groups is 2. The minimum atomic E-state index is -0.174. The fraction of sp³-hybridized carbons (Fsp3) is 0.550. The number of nitrogens with zero attached hydrogens (tertiary/aromatic N) is 2. The van der Waals surface area contributed by atoms with Gasteiger partial charge < -0.3 is 15.2 Å². The lowest BCUT2D eigenvalue weighted by molar-refractivity contribution is -0.135. The molecule has 2 atom stereocenters. The topological polar surface area (TPSA) is 78.1 Å². The first-order valence-electron chi connectivity index (χ1n) is 9.52. The average Bonchev–Trinajstić information content (AvgIpc) is 3.08. The van der Waals surface area contributed by atoms with Crippen molar-refractivity contribution >= 4 is 22.8 Å². The molecule has 0 aliphatic carbocycles. The fourth-order valence-corrected chi connectivity index (χ4v) is 3.58. The highest BCUT2D eigenvalue weighted by Crippen LogP contribution is 2.24. The van der Waals surface area contributed by atoms with Crippen LogP contribution in [0.15, 0.2) is 24.3 Å². The predicted molar refractivity (Wildman–Crippen MR) is 101 cm³/mol. The lowest BCUT2D eigenvalue weighted by Crippen LogP contribution is -2.46. The number of hydrogen-bond acceptors (Lipinski definition) is 3. The summed E-state index contributed by atoms with van der Waals surface area (Å²) in [5.41, 5.74) is 1.87. The fourth-order valence-electron chi connectivity index (χ4n) is 3.58. The maximum atomic E-state index is 12.9. The number of piperidine rings is 1. The van der Waals surface area contributed by atoms with Crippen LogP contribution in [0.4, 0.5) is 0 Å². The van der Waals surface area contributed by atoms with Crippen LogP contribution in [-0.4, -0.2) is 39.8 Å². The minimum Gasteiger partial charge on any atom is -0.346 e. The summed E-state index contributed by atoms with van der Waals surface area (Å²) in [4.78, 5) is 34.6. The van der Waals surface area contributed by atoms with Gasteiger partial charge in [-0.1, -0.05) is 32.9 Å². The van der Waals surface area contributed by atoms with Crippen LogP contribution < -0.4 is 5.32 Å². The summed E-state index contributed by atoms with van der Waals surface area (Å²) in [6.07, 6.45) is 2.19. The standard InChI is InChI=1S/C20H28N4O2/c1-4-17(25)24-11-7-8-14(12-24)20(26)23-18(13(2)3)19-21-15-9-5-6-10-16(15)22-19/h5-6,9-10,13-14,18H,4,7-8,11-12H2,1-3H3,(H,21,22)(H,23,26). The molecule has 2 unspecified atom stereocenters. The third-order valence-corrected chi connectivity index (χ3v) is 5.11. The Kier molecular flexibility index (Phi) is 5.59. The molecule has 2 heterocycles. The summed E-state index contributed by atoms with van der Waals surface area (Å²) in [6, 6.07) is 7.70. The Morgan fingerprint density at radius 1 is 1.35 bits per heavy atom. The molecule has 2 aromatic rings. The summed E-state index contributed by atoms with van der Waals surface area (Å²) in [6.45, 7) is 7.29. The number of nitrogens with one attached hydrogen (secondary N) is 2. The van der Waals surface area contributed by atoms with Crippen molar-refractivity contribution in [3.63, 3.8) is 0 Å². The quantitative estimate of drug-likeness (QED) is 0.864. The van der Waals surface area contributed by atoms with Crippen LogP contribution in [0.5, 0.6) is 0 Å². The van der Waals surface area contributed by atoms with E-state index < -0.39 is 0 Å². The summed E-state index contributed by atoms with van der Waals surface area (Å²) in [5.74, 6) is 0.978. The molecule has 0 radical (unpaired) electrons. The molecule has 0 spiro atoms. The molecule has 1 aliphatic heterocycles. The second-order valence-electron chi connectivity index (χ2n) is 7.40. The second-order valence-corrected chi connectivity index (χ2v) is 7.40. The highest BCUT2D eigenvalue weighted by molar-refractivity contribution is 5.82. The monoisotopic (exact) mass is 356 g/mol. The number of aromatic amines is 1. The largest absolute Gasteiger partial charge is 0.346 e. The number of carbonyl (C=O) groups excluding carboxylic acids is 2. The van der Waals surface area contributed by atoms with Gasteiger partial charge in [-0.3, -0.25) is 9.59 Å². The van der Waals surface area contributed by atoms with Crippen LogP contribution in [-0.2, 0) is 9.59 Å². The first-order valence-corrected chi connectivity index (χ1v) is 9.52. The Balaban J connectivity index is 1.73. The van der Waals surface area contributed by atoms with Crippen molar-refractivity contribution < 1.29 is 9.59 Å². The molecule has 2 N–H and O–H groups in total. The molecule has 6 heteroatoms. The maximum Gasteiger partial charge on any atom is 0.225 e. The molecule has 1 fully saturated rings. The van der Waals surface area contributed by atoms with Crippen molar-refractivity contribution in [2.45, 2.75) is 46.1 Å². The molecule has 2 amide bonds. The van der Waals surface area contributed by atoms with Crippen LogP contribution in [0.2, 0.25) is 0 Å². The van der Waals surface area contributed by atoms with Gasteiger partial charge in [0.2, 0.25) is 11.8 Å². The number of H-pyrrole nitrogens is 1. The van der Waals surface area contributed by atoms with E-state index in [-0.39, 0.29) is 29.7 Å². The zero-order chi connectivity index (χ0) is 18.7. The number of para-hydroxylation sites is 2. The van der Waals surface area contributed by atoms with E-state index in [4.69, 9.17) is 0 Å². The second kappa shape index (κ2) is 7.89. The molecule has 0 saturated carbocycles. The van der Waals surface area contributed by atoms with E-state index in [0.29, 0.717) is 13.0 Å². The first kappa shape index (κ1) is 18.4. The van der Waals surface area contributed by atoms with Gasteiger partial charge in [0.25, 0.3) is 0 Å². The molecule has 0 bridgehead atoms. The minimum absolute atomic E-state index is 0.0118. The van der Waals surface area contributed by atoms with Gasteiger partial charge in [-0.15, -0.1) is 0 Å². The third-order valence-electron chi connectivity index (χ3n) is 5.11. The lowest BCUT2D eigenvalue weighted by atomic mass is 9.95. The maximum absolute atomic E-state index is 12.9. The molecule has 6 nitrogen and oxygen atoms in total. The number of benzene rings is 1. The van der Waals surface area contributed by atoms with Gasteiger partial charge in [-0.25, -0.2) is 4.98 Å². The van der Waals surface area contributed by atoms with Crippen LogP contribution in [0.3, 0.4) is 0 Å². The Bertz CT molecular complexity index is 750. The summed E-state index contributed by atoms with van der Waals surface area (Å²) < 4.78 is 0.